The van der Waals surface area contributed by atoms with Gasteiger partial charge >= 0.3 is 12.0 Å². The zero-order valence-electron chi connectivity index (χ0n) is 8.86. The Morgan fingerprint density at radius 3 is 2.81 bits per heavy atom. The first-order valence-corrected chi connectivity index (χ1v) is 4.99. The third-order valence-corrected chi connectivity index (χ3v) is 2.61. The smallest absolute Gasteiger partial charge is 0.338 e. The van der Waals surface area contributed by atoms with Gasteiger partial charge in [-0.3, -0.25) is 4.90 Å². The number of carbonyl (C=O) groups excluding carboxylic acids is 1. The molecule has 0 unspecified atom stereocenters. The van der Waals surface area contributed by atoms with Gasteiger partial charge in [-0.2, -0.15) is 0 Å². The number of carboxylic acid groups (broad SMARTS) is 1. The fraction of sp³-hybridized carbons (Fsp3) is 0.273. The zero-order chi connectivity index (χ0) is 11.7. The van der Waals surface area contributed by atoms with E-state index in [1.54, 1.807) is 25.1 Å². The van der Waals surface area contributed by atoms with Gasteiger partial charge < -0.3 is 10.4 Å². The molecular formula is C11H12N2O3. The lowest BCUT2D eigenvalue weighted by Gasteiger charge is -2.17. The van der Waals surface area contributed by atoms with E-state index in [4.69, 9.17) is 5.11 Å². The van der Waals surface area contributed by atoms with Gasteiger partial charge in [-0.05, 0) is 18.6 Å². The lowest BCUT2D eigenvalue weighted by atomic mass is 10.1. The Morgan fingerprint density at radius 1 is 1.50 bits per heavy atom. The minimum atomic E-state index is -1.01. The monoisotopic (exact) mass is 220 g/mol. The fourth-order valence-electron chi connectivity index (χ4n) is 1.86. The number of amides is 2. The van der Waals surface area contributed by atoms with E-state index in [0.717, 1.165) is 0 Å². The molecule has 0 spiro atoms. The maximum absolute atomic E-state index is 11.5. The minimum absolute atomic E-state index is 0.194. The van der Waals surface area contributed by atoms with Crippen LogP contribution < -0.4 is 10.2 Å². The van der Waals surface area contributed by atoms with Crippen LogP contribution in [0.1, 0.15) is 15.9 Å². The van der Waals surface area contributed by atoms with Gasteiger partial charge in [0.25, 0.3) is 0 Å². The van der Waals surface area contributed by atoms with E-state index in [1.807, 2.05) is 0 Å². The number of aromatic carboxylic acids is 1. The van der Waals surface area contributed by atoms with E-state index in [-0.39, 0.29) is 11.6 Å². The number of hydrogen-bond acceptors (Lipinski definition) is 2. The van der Waals surface area contributed by atoms with Crippen molar-refractivity contribution in [1.82, 2.24) is 5.32 Å². The summed E-state index contributed by atoms with van der Waals surface area (Å²) in [6, 6.07) is 4.89. The number of urea groups is 1. The number of aryl methyl sites for hydroxylation is 1. The highest BCUT2D eigenvalue weighted by Gasteiger charge is 2.26. The van der Waals surface area contributed by atoms with Gasteiger partial charge in [-0.25, -0.2) is 9.59 Å². The lowest BCUT2D eigenvalue weighted by molar-refractivity contribution is 0.0697. The Kier molecular flexibility index (Phi) is 2.52. The van der Waals surface area contributed by atoms with Gasteiger partial charge in [0.15, 0.2) is 0 Å². The summed E-state index contributed by atoms with van der Waals surface area (Å²) in [6.07, 6.45) is 0. The van der Waals surface area contributed by atoms with Crippen LogP contribution in [0.5, 0.6) is 0 Å². The average molecular weight is 220 g/mol. The summed E-state index contributed by atoms with van der Waals surface area (Å²) in [4.78, 5) is 24.1. The summed E-state index contributed by atoms with van der Waals surface area (Å²) in [5.41, 5.74) is 1.31. The highest BCUT2D eigenvalue weighted by Crippen LogP contribution is 2.24. The molecule has 84 valence electrons. The van der Waals surface area contributed by atoms with E-state index in [2.05, 4.69) is 5.32 Å². The van der Waals surface area contributed by atoms with Crippen molar-refractivity contribution >= 4 is 17.7 Å². The number of nitrogens with one attached hydrogen (secondary N) is 1. The van der Waals surface area contributed by atoms with E-state index < -0.39 is 5.97 Å². The van der Waals surface area contributed by atoms with E-state index in [9.17, 15) is 9.59 Å². The molecule has 1 saturated heterocycles. The van der Waals surface area contributed by atoms with Gasteiger partial charge in [0.2, 0.25) is 0 Å². The fourth-order valence-corrected chi connectivity index (χ4v) is 1.86. The molecule has 0 aromatic heterocycles. The quantitative estimate of drug-likeness (QED) is 0.787. The number of benzene rings is 1. The molecule has 2 N–H and O–H groups in total. The largest absolute Gasteiger partial charge is 0.478 e. The normalized spacial score (nSPS) is 15.1. The van der Waals surface area contributed by atoms with Crippen molar-refractivity contribution < 1.29 is 14.7 Å². The van der Waals surface area contributed by atoms with Crippen molar-refractivity contribution in [2.45, 2.75) is 6.92 Å². The van der Waals surface area contributed by atoms with Crippen LogP contribution in [-0.2, 0) is 0 Å². The molecule has 5 heteroatoms. The number of anilines is 1. The number of carboxylic acids is 1. The van der Waals surface area contributed by atoms with Crippen LogP contribution in [0.3, 0.4) is 0 Å². The van der Waals surface area contributed by atoms with Gasteiger partial charge in [0.05, 0.1) is 11.3 Å². The maximum Gasteiger partial charge on any atom is 0.338 e. The first-order valence-electron chi connectivity index (χ1n) is 4.99. The number of rotatable bonds is 2. The maximum atomic E-state index is 11.5. The summed E-state index contributed by atoms with van der Waals surface area (Å²) in [5, 5.41) is 11.8. The third-order valence-electron chi connectivity index (χ3n) is 2.61. The zero-order valence-corrected chi connectivity index (χ0v) is 8.86. The first kappa shape index (κ1) is 10.5. The Hall–Kier alpha value is -2.04. The van der Waals surface area contributed by atoms with Crippen molar-refractivity contribution in [3.05, 3.63) is 29.3 Å². The van der Waals surface area contributed by atoms with Crippen molar-refractivity contribution in [1.29, 1.82) is 0 Å². The molecule has 16 heavy (non-hydrogen) atoms. The van der Waals surface area contributed by atoms with Crippen LogP contribution in [0.4, 0.5) is 10.5 Å². The Bertz CT molecular complexity index is 457. The molecule has 0 aliphatic carbocycles. The second kappa shape index (κ2) is 3.84. The highest BCUT2D eigenvalue weighted by molar-refractivity contribution is 6.03. The summed E-state index contributed by atoms with van der Waals surface area (Å²) in [7, 11) is 0. The predicted octanol–water partition coefficient (Wildman–Crippen LogP) is 1.22. The van der Waals surface area contributed by atoms with Gasteiger partial charge in [0.1, 0.15) is 0 Å². The predicted molar refractivity (Wildman–Crippen MR) is 58.9 cm³/mol. The Balaban J connectivity index is 2.51. The van der Waals surface area contributed by atoms with Crippen molar-refractivity contribution in [2.75, 3.05) is 18.0 Å². The summed E-state index contributed by atoms with van der Waals surface area (Å²) in [5.74, 6) is -1.01. The van der Waals surface area contributed by atoms with E-state index >= 15 is 0 Å². The molecule has 0 saturated carbocycles. The number of nitrogens with zero attached hydrogens (tertiary/aromatic N) is 1. The summed E-state index contributed by atoms with van der Waals surface area (Å²) >= 11 is 0. The number of hydrogen-bond donors (Lipinski definition) is 2. The summed E-state index contributed by atoms with van der Waals surface area (Å²) < 4.78 is 0. The van der Waals surface area contributed by atoms with Crippen LogP contribution in [-0.4, -0.2) is 30.2 Å². The molecule has 1 aliphatic heterocycles. The number of carbonyl (C=O) groups is 2. The topological polar surface area (TPSA) is 69.6 Å². The van der Waals surface area contributed by atoms with Crippen molar-refractivity contribution in [3.8, 4) is 0 Å². The molecule has 5 nitrogen and oxygen atoms in total. The van der Waals surface area contributed by atoms with Crippen LogP contribution >= 0.6 is 0 Å². The highest BCUT2D eigenvalue weighted by atomic mass is 16.4. The van der Waals surface area contributed by atoms with E-state index in [1.165, 1.54) is 4.90 Å². The molecule has 1 fully saturated rings. The van der Waals surface area contributed by atoms with Gasteiger partial charge in [0, 0.05) is 13.1 Å². The van der Waals surface area contributed by atoms with E-state index in [0.29, 0.717) is 24.3 Å². The van der Waals surface area contributed by atoms with Gasteiger partial charge in [-0.1, -0.05) is 12.1 Å². The van der Waals surface area contributed by atoms with Crippen LogP contribution in [0.15, 0.2) is 18.2 Å². The molecular weight excluding hydrogens is 208 g/mol. The molecule has 2 amide bonds. The molecule has 0 radical (unpaired) electrons. The average Bonchev–Trinajstić information content (AvgIpc) is 2.63. The van der Waals surface area contributed by atoms with Crippen LogP contribution in [0.2, 0.25) is 0 Å². The van der Waals surface area contributed by atoms with Crippen molar-refractivity contribution in [3.63, 3.8) is 0 Å². The van der Waals surface area contributed by atoms with Crippen molar-refractivity contribution in [2.24, 2.45) is 0 Å². The van der Waals surface area contributed by atoms with Crippen LogP contribution in [0.25, 0.3) is 0 Å². The Morgan fingerprint density at radius 2 is 2.25 bits per heavy atom. The lowest BCUT2D eigenvalue weighted by Crippen LogP contribution is -2.29. The first-order chi connectivity index (χ1) is 7.61. The molecule has 1 aromatic rings. The SMILES string of the molecule is Cc1cccc(N2CCNC2=O)c1C(=O)O. The minimum Gasteiger partial charge on any atom is -0.478 e. The third kappa shape index (κ3) is 1.60. The molecule has 0 atom stereocenters. The standard InChI is InChI=1S/C11H12N2O3/c1-7-3-2-4-8(9(7)10(14)15)13-6-5-12-11(13)16/h2-4H,5-6H2,1H3,(H,12,16)(H,14,15). The Labute approximate surface area is 92.7 Å². The molecule has 1 heterocycles. The van der Waals surface area contributed by atoms with Crippen LogP contribution in [0, 0.1) is 6.92 Å². The summed E-state index contributed by atoms with van der Waals surface area (Å²) in [6.45, 7) is 2.77. The second-order valence-corrected chi connectivity index (χ2v) is 3.66. The molecule has 1 aromatic carbocycles. The second-order valence-electron chi connectivity index (χ2n) is 3.66. The van der Waals surface area contributed by atoms with Gasteiger partial charge in [-0.15, -0.1) is 0 Å². The molecule has 2 rings (SSSR count). The molecule has 1 aliphatic rings. The molecule has 0 bridgehead atoms.